The van der Waals surface area contributed by atoms with Gasteiger partial charge in [0.05, 0.1) is 29.6 Å². The number of ether oxygens (including phenoxy) is 1. The zero-order valence-electron chi connectivity index (χ0n) is 16.8. The van der Waals surface area contributed by atoms with Gasteiger partial charge in [0.15, 0.2) is 5.11 Å². The van der Waals surface area contributed by atoms with E-state index in [2.05, 4.69) is 15.5 Å². The maximum absolute atomic E-state index is 12.7. The summed E-state index contributed by atoms with van der Waals surface area (Å²) in [4.78, 5) is 14.8. The summed E-state index contributed by atoms with van der Waals surface area (Å²) >= 11 is 11.8. The van der Waals surface area contributed by atoms with Crippen LogP contribution in [0.3, 0.4) is 0 Å². The highest BCUT2D eigenvalue weighted by Gasteiger charge is 2.19. The molecule has 0 atom stereocenters. The Morgan fingerprint density at radius 2 is 1.58 bits per heavy atom. The number of carbonyl (C=O) groups is 1. The number of carbonyl (C=O) groups excluding carboxylic acids is 1. The first kappa shape index (κ1) is 21.3. The summed E-state index contributed by atoms with van der Waals surface area (Å²) in [7, 11) is 0. The molecule has 0 aliphatic carbocycles. The number of para-hydroxylation sites is 1. The van der Waals surface area contributed by atoms with E-state index < -0.39 is 0 Å². The second kappa shape index (κ2) is 9.92. The zero-order valence-corrected chi connectivity index (χ0v) is 18.4. The molecule has 0 radical (unpaired) electrons. The molecule has 1 heterocycles. The third-order valence-corrected chi connectivity index (χ3v) is 5.55. The van der Waals surface area contributed by atoms with Gasteiger partial charge in [0.2, 0.25) is 0 Å². The van der Waals surface area contributed by atoms with Crippen molar-refractivity contribution in [3.05, 3.63) is 83.4 Å². The Morgan fingerprint density at radius 1 is 0.903 bits per heavy atom. The van der Waals surface area contributed by atoms with Crippen molar-refractivity contribution in [2.24, 2.45) is 0 Å². The predicted octanol–water partition coefficient (Wildman–Crippen LogP) is 4.97. The van der Waals surface area contributed by atoms with Crippen LogP contribution < -0.4 is 15.5 Å². The van der Waals surface area contributed by atoms with Gasteiger partial charge in [-0.15, -0.1) is 0 Å². The van der Waals surface area contributed by atoms with Crippen molar-refractivity contribution in [2.75, 3.05) is 36.5 Å². The van der Waals surface area contributed by atoms with Crippen molar-refractivity contribution in [2.45, 2.75) is 0 Å². The predicted molar refractivity (Wildman–Crippen MR) is 130 cm³/mol. The molecule has 5 nitrogen and oxygen atoms in total. The Bertz CT molecular complexity index is 1070. The first-order chi connectivity index (χ1) is 15.1. The van der Waals surface area contributed by atoms with Crippen molar-refractivity contribution in [3.63, 3.8) is 0 Å². The van der Waals surface area contributed by atoms with Crippen LogP contribution >= 0.6 is 23.8 Å². The number of rotatable bonds is 4. The molecule has 31 heavy (non-hydrogen) atoms. The molecule has 1 fully saturated rings. The fourth-order valence-electron chi connectivity index (χ4n) is 3.50. The third kappa shape index (κ3) is 5.22. The lowest BCUT2D eigenvalue weighted by atomic mass is 10.0. The number of nitrogens with one attached hydrogen (secondary N) is 2. The maximum atomic E-state index is 12.7. The highest BCUT2D eigenvalue weighted by Crippen LogP contribution is 2.34. The van der Waals surface area contributed by atoms with Gasteiger partial charge in [0.1, 0.15) is 0 Å². The van der Waals surface area contributed by atoms with E-state index in [1.807, 2.05) is 60.7 Å². The first-order valence-corrected chi connectivity index (χ1v) is 10.8. The Hall–Kier alpha value is -2.93. The van der Waals surface area contributed by atoms with Crippen LogP contribution in [0.2, 0.25) is 5.02 Å². The molecule has 0 unspecified atom stereocenters. The van der Waals surface area contributed by atoms with E-state index in [1.54, 1.807) is 12.1 Å². The molecule has 1 aliphatic rings. The Labute approximate surface area is 192 Å². The van der Waals surface area contributed by atoms with E-state index in [1.165, 1.54) is 0 Å². The van der Waals surface area contributed by atoms with E-state index in [-0.39, 0.29) is 11.0 Å². The van der Waals surface area contributed by atoms with Crippen molar-refractivity contribution < 1.29 is 9.53 Å². The first-order valence-electron chi connectivity index (χ1n) is 10.0. The van der Waals surface area contributed by atoms with E-state index in [9.17, 15) is 4.79 Å². The van der Waals surface area contributed by atoms with Crippen molar-refractivity contribution in [1.29, 1.82) is 0 Å². The molecule has 1 aliphatic heterocycles. The van der Waals surface area contributed by atoms with Gasteiger partial charge in [-0.2, -0.15) is 0 Å². The molecule has 4 rings (SSSR count). The standard InChI is InChI=1S/C24H22ClN3O2S/c25-20-7-4-8-21(22(20)28-13-15-30-16-14-28)26-24(31)27-23(29)19-11-9-18(10-12-19)17-5-2-1-3-6-17/h1-12H,13-16H2,(H2,26,27,29,31). The maximum Gasteiger partial charge on any atom is 0.257 e. The monoisotopic (exact) mass is 451 g/mol. The minimum absolute atomic E-state index is 0.217. The van der Waals surface area contributed by atoms with Gasteiger partial charge in [-0.25, -0.2) is 0 Å². The van der Waals surface area contributed by atoms with Crippen LogP contribution in [0.25, 0.3) is 11.1 Å². The van der Waals surface area contributed by atoms with Crippen LogP contribution in [0.4, 0.5) is 11.4 Å². The molecule has 0 saturated carbocycles. The van der Waals surface area contributed by atoms with Gasteiger partial charge < -0.3 is 15.0 Å². The summed E-state index contributed by atoms with van der Waals surface area (Å²) < 4.78 is 5.43. The number of thiocarbonyl (C=S) groups is 1. The van der Waals surface area contributed by atoms with Crippen LogP contribution in [0.1, 0.15) is 10.4 Å². The van der Waals surface area contributed by atoms with Crippen molar-refractivity contribution in [3.8, 4) is 11.1 Å². The second-order valence-corrected chi connectivity index (χ2v) is 7.90. The minimum Gasteiger partial charge on any atom is -0.378 e. The molecule has 3 aromatic rings. The number of amides is 1. The van der Waals surface area contributed by atoms with E-state index in [0.717, 1.165) is 35.6 Å². The molecule has 1 amide bonds. The quantitative estimate of drug-likeness (QED) is 0.548. The third-order valence-electron chi connectivity index (χ3n) is 5.04. The largest absolute Gasteiger partial charge is 0.378 e. The number of hydrogen-bond acceptors (Lipinski definition) is 4. The van der Waals surface area contributed by atoms with Gasteiger partial charge >= 0.3 is 0 Å². The molecular formula is C24H22ClN3O2S. The molecule has 0 aromatic heterocycles. The van der Waals surface area contributed by atoms with Crippen LogP contribution in [0.5, 0.6) is 0 Å². The fraction of sp³-hybridized carbons (Fsp3) is 0.167. The molecule has 7 heteroatoms. The number of halogens is 1. The molecule has 0 bridgehead atoms. The van der Waals surface area contributed by atoms with Gasteiger partial charge in [-0.3, -0.25) is 10.1 Å². The van der Waals surface area contributed by atoms with Gasteiger partial charge in [0, 0.05) is 18.7 Å². The van der Waals surface area contributed by atoms with E-state index >= 15 is 0 Å². The summed E-state index contributed by atoms with van der Waals surface area (Å²) in [6.45, 7) is 2.77. The highest BCUT2D eigenvalue weighted by atomic mass is 35.5. The van der Waals surface area contributed by atoms with Gasteiger partial charge in [-0.1, -0.05) is 60.1 Å². The van der Waals surface area contributed by atoms with Crippen LogP contribution in [-0.4, -0.2) is 37.3 Å². The van der Waals surface area contributed by atoms with Crippen LogP contribution in [-0.2, 0) is 4.74 Å². The van der Waals surface area contributed by atoms with Crippen LogP contribution in [0, 0.1) is 0 Å². The van der Waals surface area contributed by atoms with Crippen molar-refractivity contribution >= 4 is 46.2 Å². The van der Waals surface area contributed by atoms with E-state index in [4.69, 9.17) is 28.6 Å². The lowest BCUT2D eigenvalue weighted by molar-refractivity contribution is 0.0977. The molecular weight excluding hydrogens is 430 g/mol. The fourth-order valence-corrected chi connectivity index (χ4v) is 3.99. The normalized spacial score (nSPS) is 13.5. The molecule has 158 valence electrons. The number of anilines is 2. The number of hydrogen-bond donors (Lipinski definition) is 2. The number of morpholine rings is 1. The minimum atomic E-state index is -0.271. The topological polar surface area (TPSA) is 53.6 Å². The lowest BCUT2D eigenvalue weighted by Crippen LogP contribution is -2.38. The molecule has 1 saturated heterocycles. The van der Waals surface area contributed by atoms with Gasteiger partial charge in [-0.05, 0) is 47.6 Å². The summed E-state index contributed by atoms with van der Waals surface area (Å²) in [5, 5.41) is 6.71. The van der Waals surface area contributed by atoms with Gasteiger partial charge in [0.25, 0.3) is 5.91 Å². The summed E-state index contributed by atoms with van der Waals surface area (Å²) in [5.74, 6) is -0.271. The van der Waals surface area contributed by atoms with Crippen molar-refractivity contribution in [1.82, 2.24) is 5.32 Å². The number of benzene rings is 3. The van der Waals surface area contributed by atoms with Crippen LogP contribution in [0.15, 0.2) is 72.8 Å². The average molecular weight is 452 g/mol. The number of nitrogens with zero attached hydrogens (tertiary/aromatic N) is 1. The zero-order chi connectivity index (χ0) is 21.6. The smallest absolute Gasteiger partial charge is 0.257 e. The summed E-state index contributed by atoms with van der Waals surface area (Å²) in [6.07, 6.45) is 0. The van der Waals surface area contributed by atoms with E-state index in [0.29, 0.717) is 23.8 Å². The molecule has 2 N–H and O–H groups in total. The Balaban J connectivity index is 1.43. The Morgan fingerprint density at radius 3 is 2.29 bits per heavy atom. The highest BCUT2D eigenvalue weighted by molar-refractivity contribution is 7.80. The SMILES string of the molecule is O=C(NC(=S)Nc1cccc(Cl)c1N1CCOCC1)c1ccc(-c2ccccc2)cc1. The average Bonchev–Trinajstić information content (AvgIpc) is 2.80. The summed E-state index contributed by atoms with van der Waals surface area (Å²) in [6, 6.07) is 23.0. The summed E-state index contributed by atoms with van der Waals surface area (Å²) in [5.41, 5.74) is 4.29. The molecule has 0 spiro atoms. The second-order valence-electron chi connectivity index (χ2n) is 7.09. The molecule has 3 aromatic carbocycles. The Kier molecular flexibility index (Phi) is 6.82. The lowest BCUT2D eigenvalue weighted by Gasteiger charge is -2.31.